The predicted octanol–water partition coefficient (Wildman–Crippen LogP) is 1.65. The molecule has 0 spiro atoms. The molecule has 11 heteroatoms. The summed E-state index contributed by atoms with van der Waals surface area (Å²) in [5.74, 6) is -0.855. The zero-order valence-electron chi connectivity index (χ0n) is 13.8. The lowest BCUT2D eigenvalue weighted by Gasteiger charge is -2.21. The number of halogens is 3. The Morgan fingerprint density at radius 2 is 2.04 bits per heavy atom. The molecule has 3 rings (SSSR count). The van der Waals surface area contributed by atoms with E-state index in [1.165, 1.54) is 6.07 Å². The molecule has 2 aromatic heterocycles. The molecular formula is C15H16F3N5O3. The van der Waals surface area contributed by atoms with Gasteiger partial charge in [-0.1, -0.05) is 0 Å². The highest BCUT2D eigenvalue weighted by Gasteiger charge is 2.34. The summed E-state index contributed by atoms with van der Waals surface area (Å²) in [6.45, 7) is 2.55. The molecule has 2 N–H and O–H groups in total. The molecule has 3 heterocycles. The fourth-order valence-corrected chi connectivity index (χ4v) is 2.63. The van der Waals surface area contributed by atoms with Gasteiger partial charge in [0.1, 0.15) is 5.82 Å². The molecule has 0 unspecified atom stereocenters. The summed E-state index contributed by atoms with van der Waals surface area (Å²) in [6.07, 6.45) is -3.67. The van der Waals surface area contributed by atoms with Crippen molar-refractivity contribution in [3.8, 4) is 5.95 Å². The Labute approximate surface area is 145 Å². The van der Waals surface area contributed by atoms with Crippen molar-refractivity contribution < 1.29 is 22.7 Å². The lowest BCUT2D eigenvalue weighted by molar-refractivity contribution is -0.141. The molecule has 26 heavy (non-hydrogen) atoms. The van der Waals surface area contributed by atoms with E-state index in [4.69, 9.17) is 4.74 Å². The summed E-state index contributed by atoms with van der Waals surface area (Å²) in [5, 5.41) is 6.66. The van der Waals surface area contributed by atoms with Crippen LogP contribution in [-0.2, 0) is 15.7 Å². The first-order valence-electron chi connectivity index (χ1n) is 7.88. The number of amides is 1. The molecule has 1 aliphatic rings. The van der Waals surface area contributed by atoms with Gasteiger partial charge in [0.2, 0.25) is 11.9 Å². The smallest absolute Gasteiger partial charge is 0.381 e. The molecule has 140 valence electrons. The maximum atomic E-state index is 12.9. The van der Waals surface area contributed by atoms with E-state index in [1.807, 2.05) is 0 Å². The molecule has 1 aliphatic heterocycles. The third-order valence-electron chi connectivity index (χ3n) is 3.90. The highest BCUT2D eigenvalue weighted by molar-refractivity contribution is 5.92. The van der Waals surface area contributed by atoms with Crippen molar-refractivity contribution in [2.24, 2.45) is 5.92 Å². The van der Waals surface area contributed by atoms with Gasteiger partial charge in [-0.15, -0.1) is 0 Å². The maximum Gasteiger partial charge on any atom is 0.433 e. The summed E-state index contributed by atoms with van der Waals surface area (Å²) in [4.78, 5) is 29.6. The van der Waals surface area contributed by atoms with Gasteiger partial charge in [-0.05, 0) is 19.8 Å². The number of ether oxygens (including phenoxy) is 1. The van der Waals surface area contributed by atoms with Crippen LogP contribution in [0.15, 0.2) is 16.9 Å². The normalized spacial score (nSPS) is 15.8. The molecule has 1 fully saturated rings. The maximum absolute atomic E-state index is 12.9. The molecule has 2 aromatic rings. The second-order valence-corrected chi connectivity index (χ2v) is 5.91. The summed E-state index contributed by atoms with van der Waals surface area (Å²) in [5.41, 5.74) is -1.88. The minimum absolute atomic E-state index is 0.126. The van der Waals surface area contributed by atoms with Gasteiger partial charge in [0, 0.05) is 31.3 Å². The van der Waals surface area contributed by atoms with Crippen LogP contribution in [0.1, 0.15) is 24.2 Å². The number of rotatable bonds is 3. The topological polar surface area (TPSA) is 102 Å². The van der Waals surface area contributed by atoms with Crippen LogP contribution in [0.25, 0.3) is 5.95 Å². The van der Waals surface area contributed by atoms with Crippen molar-refractivity contribution in [1.29, 1.82) is 0 Å². The Balaban J connectivity index is 1.93. The first-order chi connectivity index (χ1) is 12.2. The van der Waals surface area contributed by atoms with Gasteiger partial charge in [-0.25, -0.2) is 4.98 Å². The van der Waals surface area contributed by atoms with Crippen LogP contribution in [0.4, 0.5) is 19.0 Å². The lowest BCUT2D eigenvalue weighted by atomic mass is 9.99. The molecule has 0 atom stereocenters. The van der Waals surface area contributed by atoms with Gasteiger partial charge in [-0.2, -0.15) is 23.0 Å². The third kappa shape index (κ3) is 3.93. The molecule has 0 bridgehead atoms. The largest absolute Gasteiger partial charge is 0.433 e. The predicted molar refractivity (Wildman–Crippen MR) is 83.9 cm³/mol. The lowest BCUT2D eigenvalue weighted by Crippen LogP contribution is -2.29. The van der Waals surface area contributed by atoms with E-state index in [1.54, 1.807) is 6.92 Å². The Bertz CT molecular complexity index is 868. The Hall–Kier alpha value is -2.69. The number of alkyl halides is 3. The van der Waals surface area contributed by atoms with Gasteiger partial charge in [-0.3, -0.25) is 14.6 Å². The molecular weight excluding hydrogens is 355 g/mol. The quantitative estimate of drug-likeness (QED) is 0.854. The van der Waals surface area contributed by atoms with Gasteiger partial charge in [0.05, 0.1) is 5.69 Å². The summed E-state index contributed by atoms with van der Waals surface area (Å²) in [7, 11) is 0. The van der Waals surface area contributed by atoms with Crippen LogP contribution in [0.3, 0.4) is 0 Å². The molecule has 1 saturated heterocycles. The number of carbonyl (C=O) groups excluding carboxylic acids is 1. The summed E-state index contributed by atoms with van der Waals surface area (Å²) >= 11 is 0. The number of hydrogen-bond donors (Lipinski definition) is 2. The average molecular weight is 371 g/mol. The number of anilines is 1. The first kappa shape index (κ1) is 18.1. The number of nitrogens with zero attached hydrogens (tertiary/aromatic N) is 3. The highest BCUT2D eigenvalue weighted by Crippen LogP contribution is 2.27. The Kier molecular flexibility index (Phi) is 4.81. The minimum Gasteiger partial charge on any atom is -0.381 e. The molecule has 8 nitrogen and oxygen atoms in total. The van der Waals surface area contributed by atoms with Gasteiger partial charge >= 0.3 is 6.18 Å². The second kappa shape index (κ2) is 6.90. The number of aryl methyl sites for hydroxylation is 1. The van der Waals surface area contributed by atoms with E-state index in [9.17, 15) is 22.8 Å². The fourth-order valence-electron chi connectivity index (χ4n) is 2.63. The van der Waals surface area contributed by atoms with Crippen molar-refractivity contribution in [2.75, 3.05) is 18.5 Å². The van der Waals surface area contributed by atoms with Gasteiger partial charge < -0.3 is 10.1 Å². The first-order valence-corrected chi connectivity index (χ1v) is 7.88. The van der Waals surface area contributed by atoms with Gasteiger partial charge in [0.25, 0.3) is 5.56 Å². The number of H-pyrrole nitrogens is 1. The molecule has 0 aliphatic carbocycles. The molecule has 1 amide bonds. The zero-order valence-corrected chi connectivity index (χ0v) is 13.8. The van der Waals surface area contributed by atoms with Crippen LogP contribution in [0.5, 0.6) is 0 Å². The van der Waals surface area contributed by atoms with E-state index in [-0.39, 0.29) is 17.6 Å². The number of aromatic nitrogens is 4. The molecule has 0 aromatic carbocycles. The number of carbonyl (C=O) groups is 1. The standard InChI is InChI=1S/C15H16F3N5O3/c1-8-6-11(20-13(25)9-2-4-26-5-3-9)23(22-8)14-19-10(15(16,17)18)7-12(24)21-14/h6-7,9H,2-5H2,1H3,(H,20,25)(H,19,21,24). The SMILES string of the molecule is Cc1cc(NC(=O)C2CCOCC2)n(-c2nc(C(F)(F)F)cc(=O)[nH]2)n1. The van der Waals surface area contributed by atoms with Crippen molar-refractivity contribution in [3.05, 3.63) is 33.9 Å². The second-order valence-electron chi connectivity index (χ2n) is 5.91. The Morgan fingerprint density at radius 1 is 1.35 bits per heavy atom. The summed E-state index contributed by atoms with van der Waals surface area (Å²) in [6, 6.07) is 1.84. The molecule has 0 radical (unpaired) electrons. The van der Waals surface area contributed by atoms with Crippen molar-refractivity contribution in [2.45, 2.75) is 25.9 Å². The number of hydrogen-bond acceptors (Lipinski definition) is 5. The molecule has 0 saturated carbocycles. The number of nitrogens with one attached hydrogen (secondary N) is 2. The van der Waals surface area contributed by atoms with Gasteiger partial charge in [0.15, 0.2) is 5.69 Å². The van der Waals surface area contributed by atoms with Crippen LogP contribution in [0, 0.1) is 12.8 Å². The van der Waals surface area contributed by atoms with E-state index < -0.39 is 23.4 Å². The van der Waals surface area contributed by atoms with Crippen LogP contribution in [0.2, 0.25) is 0 Å². The van der Waals surface area contributed by atoms with Crippen molar-refractivity contribution in [1.82, 2.24) is 19.7 Å². The van der Waals surface area contributed by atoms with Crippen LogP contribution in [-0.4, -0.2) is 38.9 Å². The zero-order chi connectivity index (χ0) is 18.9. The highest BCUT2D eigenvalue weighted by atomic mass is 19.4. The van der Waals surface area contributed by atoms with Crippen LogP contribution >= 0.6 is 0 Å². The minimum atomic E-state index is -4.78. The van der Waals surface area contributed by atoms with E-state index in [2.05, 4.69) is 20.4 Å². The van der Waals surface area contributed by atoms with E-state index in [0.29, 0.717) is 37.8 Å². The Morgan fingerprint density at radius 3 is 2.69 bits per heavy atom. The van der Waals surface area contributed by atoms with E-state index in [0.717, 1.165) is 4.68 Å². The van der Waals surface area contributed by atoms with Crippen molar-refractivity contribution in [3.63, 3.8) is 0 Å². The monoisotopic (exact) mass is 371 g/mol. The third-order valence-corrected chi connectivity index (χ3v) is 3.90. The van der Waals surface area contributed by atoms with Crippen LogP contribution < -0.4 is 10.9 Å². The van der Waals surface area contributed by atoms with Crippen molar-refractivity contribution >= 4 is 11.7 Å². The number of aromatic amines is 1. The average Bonchev–Trinajstić information content (AvgIpc) is 2.94. The summed E-state index contributed by atoms with van der Waals surface area (Å²) < 4.78 is 44.9. The fraction of sp³-hybridized carbons (Fsp3) is 0.467. The van der Waals surface area contributed by atoms with E-state index >= 15 is 0 Å².